The van der Waals surface area contributed by atoms with Crippen LogP contribution in [0, 0.1) is 18.7 Å². The largest absolute Gasteiger partial charge is 0.465 e. The number of aromatic amines is 1. The van der Waals surface area contributed by atoms with E-state index in [9.17, 15) is 14.0 Å². The lowest BCUT2D eigenvalue weighted by Crippen LogP contribution is -2.15. The number of nitrogens with one attached hydrogen (secondary N) is 2. The van der Waals surface area contributed by atoms with Crippen molar-refractivity contribution in [3.8, 4) is 11.1 Å². The van der Waals surface area contributed by atoms with E-state index in [1.165, 1.54) is 13.3 Å². The van der Waals surface area contributed by atoms with Gasteiger partial charge in [0.15, 0.2) is 5.82 Å². The first-order chi connectivity index (χ1) is 14.9. The van der Waals surface area contributed by atoms with Crippen LogP contribution in [0.3, 0.4) is 0 Å². The zero-order valence-corrected chi connectivity index (χ0v) is 16.6. The number of benzene rings is 1. The number of carbonyl (C=O) groups excluding carboxylic acids is 2. The molecule has 1 fully saturated rings. The Morgan fingerprint density at radius 2 is 2.13 bits per heavy atom. The highest BCUT2D eigenvalue weighted by Crippen LogP contribution is 2.37. The molecule has 1 aliphatic carbocycles. The van der Waals surface area contributed by atoms with Crippen LogP contribution in [0.4, 0.5) is 14.6 Å². The number of nitrogens with zero attached hydrogens (tertiary/aromatic N) is 3. The predicted molar refractivity (Wildman–Crippen MR) is 108 cm³/mol. The maximum Gasteiger partial charge on any atom is 0.343 e. The van der Waals surface area contributed by atoms with E-state index in [0.29, 0.717) is 27.8 Å². The number of methoxy groups -OCH3 is 1. The van der Waals surface area contributed by atoms with E-state index in [1.807, 2.05) is 0 Å². The summed E-state index contributed by atoms with van der Waals surface area (Å²) in [5, 5.41) is 14.1. The average Bonchev–Trinajstić information content (AvgIpc) is 3.12. The van der Waals surface area contributed by atoms with E-state index < -0.39 is 29.8 Å². The van der Waals surface area contributed by atoms with Crippen molar-refractivity contribution >= 4 is 34.1 Å². The average molecular weight is 425 g/mol. The molecular formula is C21H17F2N5O3. The summed E-state index contributed by atoms with van der Waals surface area (Å²) >= 11 is 0. The van der Waals surface area contributed by atoms with E-state index >= 15 is 4.39 Å². The second kappa shape index (κ2) is 6.86. The lowest BCUT2D eigenvalue weighted by molar-refractivity contribution is -0.117. The van der Waals surface area contributed by atoms with Gasteiger partial charge < -0.3 is 10.1 Å². The van der Waals surface area contributed by atoms with Gasteiger partial charge in [-0.1, -0.05) is 0 Å². The molecule has 10 heteroatoms. The van der Waals surface area contributed by atoms with Gasteiger partial charge in [0, 0.05) is 17.6 Å². The molecule has 0 spiro atoms. The first kappa shape index (κ1) is 19.2. The minimum Gasteiger partial charge on any atom is -0.465 e. The molecule has 5 rings (SSSR count). The fourth-order valence-corrected chi connectivity index (χ4v) is 3.81. The minimum atomic E-state index is -1.09. The van der Waals surface area contributed by atoms with Crippen molar-refractivity contribution in [1.82, 2.24) is 19.8 Å². The standard InChI is InChI=1S/C21H17F2N5O3/c1-9-16(13-8-24-26-19(13)17(18(9)23)21(30)31-2)10-3-4-28-11(5-10)6-15(27-28)25-20(29)12-7-14(12)22/h3-6,8,12,14H,7H2,1-2H3,(H,24,26)(H,25,27,29)/t12-,14+/m1/s1. The van der Waals surface area contributed by atoms with Crippen LogP contribution >= 0.6 is 0 Å². The summed E-state index contributed by atoms with van der Waals surface area (Å²) in [6, 6.07) is 5.18. The number of hydrogen-bond acceptors (Lipinski definition) is 5. The van der Waals surface area contributed by atoms with E-state index in [1.54, 1.807) is 35.8 Å². The third-order valence-electron chi connectivity index (χ3n) is 5.52. The Bertz CT molecular complexity index is 1380. The van der Waals surface area contributed by atoms with Crippen LogP contribution < -0.4 is 5.32 Å². The molecule has 1 amide bonds. The number of anilines is 1. The summed E-state index contributed by atoms with van der Waals surface area (Å²) in [5.74, 6) is -2.19. The number of rotatable bonds is 4. The van der Waals surface area contributed by atoms with Gasteiger partial charge >= 0.3 is 5.97 Å². The van der Waals surface area contributed by atoms with Crippen molar-refractivity contribution in [2.45, 2.75) is 19.5 Å². The Kier molecular flexibility index (Phi) is 4.24. The molecule has 3 aromatic heterocycles. The highest BCUT2D eigenvalue weighted by atomic mass is 19.1. The number of hydrogen-bond donors (Lipinski definition) is 2. The van der Waals surface area contributed by atoms with Gasteiger partial charge in [-0.25, -0.2) is 18.1 Å². The molecule has 0 radical (unpaired) electrons. The topological polar surface area (TPSA) is 101 Å². The number of halogens is 2. The predicted octanol–water partition coefficient (Wildman–Crippen LogP) is 3.41. The summed E-state index contributed by atoms with van der Waals surface area (Å²) < 4.78 is 34.5. The molecule has 2 N–H and O–H groups in total. The molecule has 0 bridgehead atoms. The van der Waals surface area contributed by atoms with Gasteiger partial charge in [-0.15, -0.1) is 0 Å². The smallest absolute Gasteiger partial charge is 0.343 e. The van der Waals surface area contributed by atoms with Crippen molar-refractivity contribution in [3.63, 3.8) is 0 Å². The maximum atomic E-state index is 15.1. The first-order valence-corrected chi connectivity index (χ1v) is 9.57. The van der Waals surface area contributed by atoms with E-state index in [4.69, 9.17) is 4.74 Å². The Hall–Kier alpha value is -3.82. The second-order valence-corrected chi connectivity index (χ2v) is 7.50. The van der Waals surface area contributed by atoms with Crippen LogP contribution in [0.25, 0.3) is 27.5 Å². The number of carbonyl (C=O) groups is 2. The molecular weight excluding hydrogens is 408 g/mol. The molecule has 31 heavy (non-hydrogen) atoms. The van der Waals surface area contributed by atoms with E-state index in [0.717, 1.165) is 0 Å². The lowest BCUT2D eigenvalue weighted by atomic mass is 9.94. The first-order valence-electron chi connectivity index (χ1n) is 9.57. The highest BCUT2D eigenvalue weighted by molar-refractivity contribution is 6.08. The zero-order valence-electron chi connectivity index (χ0n) is 16.6. The number of alkyl halides is 1. The third-order valence-corrected chi connectivity index (χ3v) is 5.52. The number of H-pyrrole nitrogens is 1. The van der Waals surface area contributed by atoms with Crippen LogP contribution in [-0.2, 0) is 9.53 Å². The Labute approximate surface area is 174 Å². The van der Waals surface area contributed by atoms with Crippen LogP contribution in [0.5, 0.6) is 0 Å². The number of aromatic nitrogens is 4. The molecule has 0 aliphatic heterocycles. The summed E-state index contributed by atoms with van der Waals surface area (Å²) in [7, 11) is 1.19. The molecule has 8 nitrogen and oxygen atoms in total. The number of amides is 1. The van der Waals surface area contributed by atoms with Crippen molar-refractivity contribution in [2.24, 2.45) is 5.92 Å². The zero-order chi connectivity index (χ0) is 21.9. The molecule has 1 saturated carbocycles. The number of pyridine rings is 1. The lowest BCUT2D eigenvalue weighted by Gasteiger charge is -2.13. The molecule has 4 aromatic rings. The Morgan fingerprint density at radius 3 is 2.84 bits per heavy atom. The van der Waals surface area contributed by atoms with Crippen molar-refractivity contribution in [2.75, 3.05) is 12.4 Å². The van der Waals surface area contributed by atoms with Crippen molar-refractivity contribution in [3.05, 3.63) is 47.5 Å². The summed E-state index contributed by atoms with van der Waals surface area (Å²) in [6.45, 7) is 1.58. The summed E-state index contributed by atoms with van der Waals surface area (Å²) in [5.41, 5.74) is 2.22. The molecule has 3 heterocycles. The Balaban J connectivity index is 1.59. The van der Waals surface area contributed by atoms with Gasteiger partial charge in [0.1, 0.15) is 17.6 Å². The van der Waals surface area contributed by atoms with Gasteiger partial charge in [0.25, 0.3) is 0 Å². The van der Waals surface area contributed by atoms with Crippen LogP contribution in [-0.4, -0.2) is 45.0 Å². The second-order valence-electron chi connectivity index (χ2n) is 7.50. The number of esters is 1. The fraction of sp³-hybridized carbons (Fsp3) is 0.238. The number of ether oxygens (including phenoxy) is 1. The molecule has 2 atom stereocenters. The Morgan fingerprint density at radius 1 is 1.35 bits per heavy atom. The van der Waals surface area contributed by atoms with E-state index in [2.05, 4.69) is 20.6 Å². The summed E-state index contributed by atoms with van der Waals surface area (Å²) in [6.07, 6.45) is 2.34. The van der Waals surface area contributed by atoms with E-state index in [-0.39, 0.29) is 23.1 Å². The molecule has 0 saturated heterocycles. The SMILES string of the molecule is COC(=O)c1c(F)c(C)c(-c2ccn3nc(NC(=O)[C@@H]4C[C@@H]4F)cc3c2)c2cn[nH]c12. The molecule has 1 aliphatic rings. The van der Waals surface area contributed by atoms with Gasteiger partial charge in [0.05, 0.1) is 30.3 Å². The summed E-state index contributed by atoms with van der Waals surface area (Å²) in [4.78, 5) is 24.1. The fourth-order valence-electron chi connectivity index (χ4n) is 3.81. The molecule has 158 valence electrons. The van der Waals surface area contributed by atoms with Gasteiger partial charge in [-0.05, 0) is 42.2 Å². The highest BCUT2D eigenvalue weighted by Gasteiger charge is 2.43. The van der Waals surface area contributed by atoms with Crippen molar-refractivity contribution in [1.29, 1.82) is 0 Å². The maximum absolute atomic E-state index is 15.1. The third kappa shape index (κ3) is 3.02. The minimum absolute atomic E-state index is 0.196. The van der Waals surface area contributed by atoms with Gasteiger partial charge in [0.2, 0.25) is 5.91 Å². The van der Waals surface area contributed by atoms with Crippen LogP contribution in [0.2, 0.25) is 0 Å². The monoisotopic (exact) mass is 425 g/mol. The quantitative estimate of drug-likeness (QED) is 0.488. The van der Waals surface area contributed by atoms with Crippen LogP contribution in [0.15, 0.2) is 30.6 Å². The van der Waals surface area contributed by atoms with Gasteiger partial charge in [-0.3, -0.25) is 9.89 Å². The van der Waals surface area contributed by atoms with Crippen molar-refractivity contribution < 1.29 is 23.1 Å². The molecule has 1 aromatic carbocycles. The number of fused-ring (bicyclic) bond motifs is 2. The molecule has 0 unspecified atom stereocenters. The van der Waals surface area contributed by atoms with Gasteiger partial charge in [-0.2, -0.15) is 10.2 Å². The normalized spacial score (nSPS) is 17.8. The van der Waals surface area contributed by atoms with Crippen LogP contribution in [0.1, 0.15) is 22.3 Å².